The summed E-state index contributed by atoms with van der Waals surface area (Å²) in [7, 11) is 0. The molecule has 2 aliphatic carbocycles. The standard InChI is InChI=1S/C14H27NO/c1-12-4-6-13(7-5-12)15-10-14(11-16)8-2-3-9-14/h12-13,15-16H,2-11H2,1H3. The first-order valence-electron chi connectivity index (χ1n) is 7.08. The highest BCUT2D eigenvalue weighted by Gasteiger charge is 2.33. The van der Waals surface area contributed by atoms with E-state index >= 15 is 0 Å². The minimum absolute atomic E-state index is 0.225. The summed E-state index contributed by atoms with van der Waals surface area (Å²) in [5.41, 5.74) is 0.225. The number of hydrogen-bond acceptors (Lipinski definition) is 2. The fraction of sp³-hybridized carbons (Fsp3) is 1.00. The molecule has 0 aliphatic heterocycles. The van der Waals surface area contributed by atoms with E-state index in [-0.39, 0.29) is 5.41 Å². The molecule has 0 amide bonds. The zero-order valence-electron chi connectivity index (χ0n) is 10.7. The van der Waals surface area contributed by atoms with Gasteiger partial charge in [0.05, 0.1) is 0 Å². The Labute approximate surface area is 99.8 Å². The molecule has 0 atom stereocenters. The van der Waals surface area contributed by atoms with Crippen molar-refractivity contribution >= 4 is 0 Å². The third kappa shape index (κ3) is 2.98. The molecule has 2 nitrogen and oxygen atoms in total. The molecule has 0 spiro atoms. The van der Waals surface area contributed by atoms with E-state index in [1.54, 1.807) is 0 Å². The summed E-state index contributed by atoms with van der Waals surface area (Å²) in [6, 6.07) is 0.722. The van der Waals surface area contributed by atoms with Crippen molar-refractivity contribution in [2.24, 2.45) is 11.3 Å². The number of rotatable bonds is 4. The van der Waals surface area contributed by atoms with E-state index in [1.165, 1.54) is 51.4 Å². The van der Waals surface area contributed by atoms with Crippen molar-refractivity contribution in [3.8, 4) is 0 Å². The molecule has 0 bridgehead atoms. The molecule has 2 fully saturated rings. The highest BCUT2D eigenvalue weighted by atomic mass is 16.3. The van der Waals surface area contributed by atoms with Crippen LogP contribution in [0.25, 0.3) is 0 Å². The molecule has 0 heterocycles. The summed E-state index contributed by atoms with van der Waals surface area (Å²) in [6.45, 7) is 3.79. The van der Waals surface area contributed by atoms with Gasteiger partial charge >= 0.3 is 0 Å². The lowest BCUT2D eigenvalue weighted by Crippen LogP contribution is -2.41. The van der Waals surface area contributed by atoms with Crippen LogP contribution in [0.1, 0.15) is 58.3 Å². The number of aliphatic hydroxyl groups excluding tert-OH is 1. The monoisotopic (exact) mass is 225 g/mol. The van der Waals surface area contributed by atoms with Crippen molar-refractivity contribution in [1.29, 1.82) is 0 Å². The third-order valence-corrected chi connectivity index (χ3v) is 4.78. The van der Waals surface area contributed by atoms with Crippen LogP contribution in [0.3, 0.4) is 0 Å². The Kier molecular flexibility index (Phi) is 4.26. The topological polar surface area (TPSA) is 32.3 Å². The minimum atomic E-state index is 0.225. The summed E-state index contributed by atoms with van der Waals surface area (Å²) < 4.78 is 0. The summed E-state index contributed by atoms with van der Waals surface area (Å²) in [6.07, 6.45) is 10.5. The van der Waals surface area contributed by atoms with E-state index < -0.39 is 0 Å². The largest absolute Gasteiger partial charge is 0.396 e. The van der Waals surface area contributed by atoms with Gasteiger partial charge in [-0.15, -0.1) is 0 Å². The van der Waals surface area contributed by atoms with Crippen LogP contribution in [-0.4, -0.2) is 24.3 Å². The molecule has 0 aromatic rings. The smallest absolute Gasteiger partial charge is 0.0499 e. The van der Waals surface area contributed by atoms with Gasteiger partial charge in [-0.25, -0.2) is 0 Å². The fourth-order valence-electron chi connectivity index (χ4n) is 3.34. The van der Waals surface area contributed by atoms with Crippen molar-refractivity contribution < 1.29 is 5.11 Å². The third-order valence-electron chi connectivity index (χ3n) is 4.78. The SMILES string of the molecule is CC1CCC(NCC2(CO)CCCC2)CC1. The lowest BCUT2D eigenvalue weighted by molar-refractivity contribution is 0.121. The Morgan fingerprint density at radius 3 is 2.31 bits per heavy atom. The molecule has 0 aromatic heterocycles. The van der Waals surface area contributed by atoms with Crippen LogP contribution in [0.5, 0.6) is 0 Å². The average Bonchev–Trinajstić information content (AvgIpc) is 2.78. The molecule has 94 valence electrons. The van der Waals surface area contributed by atoms with Gasteiger partial charge in [0.25, 0.3) is 0 Å². The van der Waals surface area contributed by atoms with Crippen molar-refractivity contribution in [1.82, 2.24) is 5.32 Å². The van der Waals surface area contributed by atoms with Crippen LogP contribution in [0.15, 0.2) is 0 Å². The van der Waals surface area contributed by atoms with Gasteiger partial charge in [0.1, 0.15) is 0 Å². The van der Waals surface area contributed by atoms with Crippen molar-refractivity contribution in [2.45, 2.75) is 64.3 Å². The average molecular weight is 225 g/mol. The molecule has 0 saturated heterocycles. The summed E-state index contributed by atoms with van der Waals surface area (Å²) in [5.74, 6) is 0.927. The maximum Gasteiger partial charge on any atom is 0.0499 e. The van der Waals surface area contributed by atoms with E-state index in [4.69, 9.17) is 0 Å². The van der Waals surface area contributed by atoms with Gasteiger partial charge in [0, 0.05) is 24.6 Å². The highest BCUT2D eigenvalue weighted by molar-refractivity contribution is 4.88. The van der Waals surface area contributed by atoms with Gasteiger partial charge in [-0.3, -0.25) is 0 Å². The normalized spacial score (nSPS) is 34.1. The van der Waals surface area contributed by atoms with E-state index in [1.807, 2.05) is 0 Å². The Balaban J connectivity index is 1.73. The summed E-state index contributed by atoms with van der Waals surface area (Å²) in [4.78, 5) is 0. The van der Waals surface area contributed by atoms with Gasteiger partial charge in [-0.1, -0.05) is 19.8 Å². The molecule has 2 rings (SSSR count). The quantitative estimate of drug-likeness (QED) is 0.771. The molecule has 2 heteroatoms. The second-order valence-corrected chi connectivity index (χ2v) is 6.20. The predicted octanol–water partition coefficient (Wildman–Crippen LogP) is 2.71. The lowest BCUT2D eigenvalue weighted by Gasteiger charge is -2.32. The van der Waals surface area contributed by atoms with Crippen LogP contribution in [-0.2, 0) is 0 Å². The first-order chi connectivity index (χ1) is 7.74. The van der Waals surface area contributed by atoms with Crippen molar-refractivity contribution in [3.63, 3.8) is 0 Å². The van der Waals surface area contributed by atoms with Crippen LogP contribution in [0.4, 0.5) is 0 Å². The second kappa shape index (κ2) is 5.50. The van der Waals surface area contributed by atoms with Crippen molar-refractivity contribution in [2.75, 3.05) is 13.2 Å². The Bertz CT molecular complexity index is 203. The van der Waals surface area contributed by atoms with E-state index in [2.05, 4.69) is 12.2 Å². The van der Waals surface area contributed by atoms with Crippen LogP contribution < -0.4 is 5.32 Å². The first-order valence-corrected chi connectivity index (χ1v) is 7.08. The Morgan fingerprint density at radius 1 is 1.12 bits per heavy atom. The zero-order valence-corrected chi connectivity index (χ0v) is 10.7. The van der Waals surface area contributed by atoms with Gasteiger partial charge in [0.2, 0.25) is 0 Å². The Morgan fingerprint density at radius 2 is 1.75 bits per heavy atom. The van der Waals surface area contributed by atoms with E-state index in [0.29, 0.717) is 6.61 Å². The van der Waals surface area contributed by atoms with E-state index in [0.717, 1.165) is 18.5 Å². The maximum atomic E-state index is 9.55. The summed E-state index contributed by atoms with van der Waals surface area (Å²) >= 11 is 0. The van der Waals surface area contributed by atoms with E-state index in [9.17, 15) is 5.11 Å². The zero-order chi connectivity index (χ0) is 11.4. The van der Waals surface area contributed by atoms with Crippen LogP contribution in [0.2, 0.25) is 0 Å². The second-order valence-electron chi connectivity index (χ2n) is 6.20. The molecule has 0 radical (unpaired) electrons. The van der Waals surface area contributed by atoms with Crippen molar-refractivity contribution in [3.05, 3.63) is 0 Å². The van der Waals surface area contributed by atoms with Gasteiger partial charge in [-0.05, 0) is 44.4 Å². The maximum absolute atomic E-state index is 9.55. The molecule has 2 aliphatic rings. The molecular formula is C14H27NO. The number of hydrogen-bond donors (Lipinski definition) is 2. The van der Waals surface area contributed by atoms with Gasteiger partial charge < -0.3 is 10.4 Å². The molecular weight excluding hydrogens is 198 g/mol. The minimum Gasteiger partial charge on any atom is -0.396 e. The molecule has 0 unspecified atom stereocenters. The molecule has 2 N–H and O–H groups in total. The molecule has 0 aromatic carbocycles. The van der Waals surface area contributed by atoms with Crippen LogP contribution in [0, 0.1) is 11.3 Å². The van der Waals surface area contributed by atoms with Crippen LogP contribution >= 0.6 is 0 Å². The van der Waals surface area contributed by atoms with Gasteiger partial charge in [0.15, 0.2) is 0 Å². The molecule has 16 heavy (non-hydrogen) atoms. The first kappa shape index (κ1) is 12.4. The number of nitrogens with one attached hydrogen (secondary N) is 1. The highest BCUT2D eigenvalue weighted by Crippen LogP contribution is 2.37. The summed E-state index contributed by atoms with van der Waals surface area (Å²) in [5, 5.41) is 13.3. The Hall–Kier alpha value is -0.0800. The van der Waals surface area contributed by atoms with Gasteiger partial charge in [-0.2, -0.15) is 0 Å². The molecule has 2 saturated carbocycles. The number of aliphatic hydroxyl groups is 1. The lowest BCUT2D eigenvalue weighted by atomic mass is 9.84. The fourth-order valence-corrected chi connectivity index (χ4v) is 3.34. The predicted molar refractivity (Wildman–Crippen MR) is 67.4 cm³/mol.